The van der Waals surface area contributed by atoms with Crippen molar-refractivity contribution in [3.05, 3.63) is 143 Å². The molecule has 378 valence electrons. The number of carbonyl (C=O) groups is 4. The third kappa shape index (κ3) is 17.4. The van der Waals surface area contributed by atoms with Gasteiger partial charge in [0, 0.05) is 82.2 Å². The van der Waals surface area contributed by atoms with Gasteiger partial charge in [-0.3, -0.25) is 14.4 Å². The van der Waals surface area contributed by atoms with E-state index >= 15 is 0 Å². The van der Waals surface area contributed by atoms with E-state index in [4.69, 9.17) is 14.6 Å². The van der Waals surface area contributed by atoms with Gasteiger partial charge in [-0.2, -0.15) is 5.32 Å². The van der Waals surface area contributed by atoms with Gasteiger partial charge in [-0.25, -0.2) is 17.6 Å². The number of aliphatic hydroxyl groups excluding tert-OH is 1. The van der Waals surface area contributed by atoms with Gasteiger partial charge in [-0.15, -0.1) is 0 Å². The lowest BCUT2D eigenvalue weighted by atomic mass is 9.97. The summed E-state index contributed by atoms with van der Waals surface area (Å²) >= 11 is 2.37. The molecule has 3 atom stereocenters. The predicted octanol–water partition coefficient (Wildman–Crippen LogP) is 12.8. The number of hydrogen-bond donors (Lipinski definition) is 5. The highest BCUT2D eigenvalue weighted by molar-refractivity contribution is 14.1. The van der Waals surface area contributed by atoms with Crippen LogP contribution in [-0.2, 0) is 33.4 Å². The topological polar surface area (TPSA) is 176 Å². The van der Waals surface area contributed by atoms with Crippen LogP contribution in [-0.4, -0.2) is 67.7 Å². The van der Waals surface area contributed by atoms with E-state index in [1.165, 1.54) is 68.8 Å². The van der Waals surface area contributed by atoms with Gasteiger partial charge in [0.2, 0.25) is 0 Å². The minimum Gasteiger partial charge on any atom is -0.466 e. The monoisotopic (exact) mass is 1100 g/mol. The van der Waals surface area contributed by atoms with Crippen LogP contribution in [0.5, 0.6) is 0 Å². The highest BCUT2D eigenvalue weighted by Gasteiger charge is 2.34. The molecule has 5 N–H and O–H groups in total. The highest BCUT2D eigenvalue weighted by Crippen LogP contribution is 2.31. The molecule has 9 rings (SSSR count). The average Bonchev–Trinajstić information content (AvgIpc) is 4.13. The van der Waals surface area contributed by atoms with Crippen molar-refractivity contribution in [1.82, 2.24) is 15.0 Å². The molecule has 12 nitrogen and oxygen atoms in total. The van der Waals surface area contributed by atoms with Gasteiger partial charge in [-0.05, 0) is 122 Å². The highest BCUT2D eigenvalue weighted by atomic mass is 127. The normalized spacial score (nSPS) is 14.0. The SMILES string of the molecule is CC(CCI)c1c[nH]c2ccc(F)cc12.CC(CCO)c1c[nH]c2ccc(F)cc12.CC1(C)OC(=O)CC(=O)O1.CC=O.CCOC(=O)CC(C)c1c[nH]c2ccc(F)cc12.Fc1ccc2c(c1)C=[C+]N2. The Kier molecular flexibility index (Phi) is 22.3. The first kappa shape index (κ1) is 57.0. The van der Waals surface area contributed by atoms with Gasteiger partial charge >= 0.3 is 17.9 Å². The van der Waals surface area contributed by atoms with E-state index in [-0.39, 0.29) is 54.1 Å². The van der Waals surface area contributed by atoms with Crippen LogP contribution in [0.2, 0.25) is 0 Å². The number of cyclic esters (lactones) is 2. The molecule has 0 radical (unpaired) electrons. The molecular weight excluding hydrogens is 1040 g/mol. The summed E-state index contributed by atoms with van der Waals surface area (Å²) in [5.41, 5.74) is 7.85. The molecular formula is C54H60F4IN4O8+. The first-order valence-electron chi connectivity index (χ1n) is 22.9. The third-order valence-electron chi connectivity index (χ3n) is 11.0. The largest absolute Gasteiger partial charge is 0.466 e. The zero-order chi connectivity index (χ0) is 52.3. The number of aldehydes is 1. The van der Waals surface area contributed by atoms with Crippen LogP contribution in [0.15, 0.2) is 91.4 Å². The Hall–Kier alpha value is -6.56. The predicted molar refractivity (Wildman–Crippen MR) is 277 cm³/mol. The van der Waals surface area contributed by atoms with E-state index < -0.39 is 17.7 Å². The Morgan fingerprint density at radius 2 is 1.17 bits per heavy atom. The van der Waals surface area contributed by atoms with Crippen molar-refractivity contribution in [3.63, 3.8) is 0 Å². The molecule has 4 aromatic carbocycles. The lowest BCUT2D eigenvalue weighted by Gasteiger charge is -2.28. The molecule has 0 spiro atoms. The van der Waals surface area contributed by atoms with Crippen molar-refractivity contribution < 1.29 is 56.1 Å². The number of esters is 3. The van der Waals surface area contributed by atoms with Crippen molar-refractivity contribution in [2.24, 2.45) is 0 Å². The number of carbonyl (C=O) groups excluding carboxylic acids is 4. The van der Waals surface area contributed by atoms with Gasteiger partial charge in [0.05, 0.1) is 19.1 Å². The number of alkyl halides is 1. The summed E-state index contributed by atoms with van der Waals surface area (Å²) in [7, 11) is 0. The summed E-state index contributed by atoms with van der Waals surface area (Å²) in [5, 5.41) is 14.5. The molecule has 7 aromatic rings. The number of aromatic nitrogens is 3. The number of ether oxygens (including phenoxy) is 3. The van der Waals surface area contributed by atoms with E-state index in [2.05, 4.69) is 65.5 Å². The minimum atomic E-state index is -1.08. The zero-order valence-electron chi connectivity index (χ0n) is 40.7. The second-order valence-corrected chi connectivity index (χ2v) is 18.0. The number of aromatic amines is 3. The summed E-state index contributed by atoms with van der Waals surface area (Å²) in [5.74, 6) is -2.50. The molecule has 1 fully saturated rings. The Balaban J connectivity index is 0.000000193. The van der Waals surface area contributed by atoms with Crippen molar-refractivity contribution in [2.45, 2.75) is 97.7 Å². The van der Waals surface area contributed by atoms with Crippen molar-refractivity contribution >= 4 is 91.3 Å². The third-order valence-corrected chi connectivity index (χ3v) is 11.6. The average molecular weight is 1100 g/mol. The maximum Gasteiger partial charge on any atom is 0.320 e. The second kappa shape index (κ2) is 27.7. The molecule has 3 unspecified atom stereocenters. The van der Waals surface area contributed by atoms with Gasteiger partial charge in [-0.1, -0.05) is 43.4 Å². The van der Waals surface area contributed by atoms with Crippen LogP contribution in [0.3, 0.4) is 0 Å². The lowest BCUT2D eigenvalue weighted by molar-refractivity contribution is -0.231. The Morgan fingerprint density at radius 3 is 1.59 bits per heavy atom. The molecule has 71 heavy (non-hydrogen) atoms. The molecule has 2 aliphatic heterocycles. The molecule has 5 heterocycles. The standard InChI is InChI=1S/C14H16FNO2.C12H13FIN.C12H14FNO.C8H5FN.C6H8O4.C2H4O/c1-3-18-14(17)6-9(2)12-8-16-13-5-4-10(15)7-11(12)13;1-8(4-5-14)11-7-15-12-3-2-9(13)6-10(11)12;1-8(4-5-15)11-7-14-12-3-2-9(13)6-10(11)12;9-7-1-2-8-6(5-7)3-4-10-8;1-6(2)9-4(7)3-5(8)10-6;1-2-3/h4-5,7-9,16H,3,6H2,1-2H3;2-3,6-8,15H,4-5H2,1H3;2-3,6-8,14-15H,4-5H2,1H3;1-3,5,10H;3H2,1-2H3;2H,1H3/q;;;+1;;. The number of anilines is 1. The number of nitrogens with one attached hydrogen (secondary N) is 4. The van der Waals surface area contributed by atoms with Crippen LogP contribution < -0.4 is 5.32 Å². The molecule has 17 heteroatoms. The summed E-state index contributed by atoms with van der Waals surface area (Å²) in [6.45, 7) is 12.9. The number of benzene rings is 4. The van der Waals surface area contributed by atoms with Crippen LogP contribution >= 0.6 is 22.6 Å². The fourth-order valence-electron chi connectivity index (χ4n) is 7.53. The fourth-order valence-corrected chi connectivity index (χ4v) is 8.47. The fraction of sp³-hybridized carbons (Fsp3) is 0.333. The second-order valence-electron chi connectivity index (χ2n) is 16.9. The van der Waals surface area contributed by atoms with Crippen LogP contribution in [0.4, 0.5) is 23.2 Å². The van der Waals surface area contributed by atoms with E-state index in [1.54, 1.807) is 43.3 Å². The van der Waals surface area contributed by atoms with E-state index in [9.17, 15) is 31.9 Å². The quantitative estimate of drug-likeness (QED) is 0.0170. The number of fused-ring (bicyclic) bond motifs is 4. The van der Waals surface area contributed by atoms with E-state index in [0.29, 0.717) is 25.4 Å². The van der Waals surface area contributed by atoms with Gasteiger partial charge in [0.25, 0.3) is 5.79 Å². The minimum absolute atomic E-state index is 0.000370. The summed E-state index contributed by atoms with van der Waals surface area (Å²) in [6.07, 6.45) is 12.8. The summed E-state index contributed by atoms with van der Waals surface area (Å²) in [4.78, 5) is 50.8. The van der Waals surface area contributed by atoms with Crippen molar-refractivity contribution in [3.8, 4) is 0 Å². The molecule has 0 saturated carbocycles. The molecule has 0 aliphatic carbocycles. The summed E-state index contributed by atoms with van der Waals surface area (Å²) < 4.78 is 67.3. The maximum atomic E-state index is 13.2. The Bertz CT molecular complexity index is 2790. The van der Waals surface area contributed by atoms with E-state index in [0.717, 1.165) is 72.2 Å². The number of aliphatic hydroxyl groups is 1. The number of H-pyrrole nitrogens is 3. The number of halogens is 5. The zero-order valence-corrected chi connectivity index (χ0v) is 42.8. The van der Waals surface area contributed by atoms with Gasteiger partial charge in [0.15, 0.2) is 11.3 Å². The Morgan fingerprint density at radius 1 is 0.746 bits per heavy atom. The summed E-state index contributed by atoms with van der Waals surface area (Å²) in [6, 6.07) is 18.8. The number of hydrogen-bond acceptors (Lipinski definition) is 9. The van der Waals surface area contributed by atoms with Gasteiger partial charge in [0.1, 0.15) is 48.3 Å². The van der Waals surface area contributed by atoms with Crippen LogP contribution in [0.25, 0.3) is 38.8 Å². The van der Waals surface area contributed by atoms with Crippen molar-refractivity contribution in [1.29, 1.82) is 0 Å². The molecule has 0 bridgehead atoms. The van der Waals surface area contributed by atoms with E-state index in [1.807, 2.05) is 32.4 Å². The molecule has 0 amide bonds. The Labute approximate surface area is 424 Å². The van der Waals surface area contributed by atoms with Crippen LogP contribution in [0.1, 0.15) is 114 Å². The van der Waals surface area contributed by atoms with Crippen LogP contribution in [0, 0.1) is 29.5 Å². The van der Waals surface area contributed by atoms with Gasteiger partial charge < -0.3 is 39.1 Å². The smallest absolute Gasteiger partial charge is 0.320 e. The number of rotatable bonds is 10. The first-order valence-corrected chi connectivity index (χ1v) is 24.5. The maximum absolute atomic E-state index is 13.2. The first-order chi connectivity index (χ1) is 33.8. The molecule has 2 aliphatic rings. The molecule has 3 aromatic heterocycles. The molecule has 1 saturated heterocycles. The lowest BCUT2D eigenvalue weighted by Crippen LogP contribution is -2.39. The van der Waals surface area contributed by atoms with Crippen molar-refractivity contribution in [2.75, 3.05) is 23.0 Å².